The molecule has 5 nitrogen and oxygen atoms in total. The van der Waals surface area contributed by atoms with Crippen molar-refractivity contribution >= 4 is 17.6 Å². The molecule has 0 unspecified atom stereocenters. The quantitative estimate of drug-likeness (QED) is 0.617. The number of methoxy groups -OCH3 is 2. The molecule has 2 rings (SSSR count). The molecule has 0 atom stereocenters. The van der Waals surface area contributed by atoms with Crippen molar-refractivity contribution in [1.29, 1.82) is 0 Å². The van der Waals surface area contributed by atoms with Crippen LogP contribution in [0.15, 0.2) is 53.9 Å². The maximum atomic E-state index is 12.3. The second-order valence-electron chi connectivity index (χ2n) is 5.16. The van der Waals surface area contributed by atoms with Gasteiger partial charge in [-0.2, -0.15) is 0 Å². The number of carbonyl (C=O) groups is 2. The Hall–Kier alpha value is -2.56. The molecule has 0 bridgehead atoms. The lowest BCUT2D eigenvalue weighted by atomic mass is 10.0. The van der Waals surface area contributed by atoms with Gasteiger partial charge in [0.1, 0.15) is 5.70 Å². The summed E-state index contributed by atoms with van der Waals surface area (Å²) in [5.41, 5.74) is 1.95. The molecular weight excluding hydrogens is 294 g/mol. The minimum absolute atomic E-state index is 0.152. The number of carbonyl (C=O) groups excluding carboxylic acids is 2. The van der Waals surface area contributed by atoms with Gasteiger partial charge in [-0.25, -0.2) is 9.59 Å². The highest BCUT2D eigenvalue weighted by atomic mass is 16.5. The van der Waals surface area contributed by atoms with Crippen LogP contribution in [-0.4, -0.2) is 26.2 Å². The van der Waals surface area contributed by atoms with Crippen LogP contribution >= 0.6 is 0 Å². The van der Waals surface area contributed by atoms with Crippen LogP contribution in [0.1, 0.15) is 25.7 Å². The Morgan fingerprint density at radius 1 is 1.09 bits per heavy atom. The Bertz CT molecular complexity index is 619. The molecule has 0 amide bonds. The zero-order valence-electron chi connectivity index (χ0n) is 13.5. The Labute approximate surface area is 136 Å². The zero-order chi connectivity index (χ0) is 16.7. The normalized spacial score (nSPS) is 14.7. The van der Waals surface area contributed by atoms with E-state index in [1.165, 1.54) is 20.3 Å². The summed E-state index contributed by atoms with van der Waals surface area (Å²) in [7, 11) is 2.58. The predicted molar refractivity (Wildman–Crippen MR) is 87.6 cm³/mol. The van der Waals surface area contributed by atoms with E-state index in [1.807, 2.05) is 30.3 Å². The third-order valence-corrected chi connectivity index (χ3v) is 3.66. The standard InChI is InChI=1S/C18H21NO4/c1-22-17(20)13-16(18(21)23-2)19(14-9-5-3-6-10-14)15-11-7-4-8-12-15/h3,5-6,9-11,13H,4,7-8,12H2,1-2H3/b16-13-. The Kier molecular flexibility index (Phi) is 5.97. The molecule has 0 fully saturated rings. The van der Waals surface area contributed by atoms with Crippen LogP contribution < -0.4 is 4.90 Å². The molecular formula is C18H21NO4. The molecule has 0 spiro atoms. The van der Waals surface area contributed by atoms with Crippen molar-refractivity contribution in [2.24, 2.45) is 0 Å². The Morgan fingerprint density at radius 3 is 2.39 bits per heavy atom. The molecule has 1 aliphatic carbocycles. The van der Waals surface area contributed by atoms with Crippen molar-refractivity contribution in [2.75, 3.05) is 19.1 Å². The molecule has 1 aromatic rings. The maximum absolute atomic E-state index is 12.3. The molecule has 0 radical (unpaired) electrons. The third-order valence-electron chi connectivity index (χ3n) is 3.66. The highest BCUT2D eigenvalue weighted by molar-refractivity contribution is 6.00. The van der Waals surface area contributed by atoms with E-state index in [2.05, 4.69) is 10.8 Å². The minimum Gasteiger partial charge on any atom is -0.466 e. The molecule has 122 valence electrons. The first kappa shape index (κ1) is 16.8. The first-order valence-corrected chi connectivity index (χ1v) is 7.59. The van der Waals surface area contributed by atoms with Crippen molar-refractivity contribution in [2.45, 2.75) is 25.7 Å². The summed E-state index contributed by atoms with van der Waals surface area (Å²) >= 11 is 0. The van der Waals surface area contributed by atoms with Gasteiger partial charge in [-0.3, -0.25) is 0 Å². The first-order valence-electron chi connectivity index (χ1n) is 7.59. The van der Waals surface area contributed by atoms with Gasteiger partial charge in [-0.1, -0.05) is 24.3 Å². The predicted octanol–water partition coefficient (Wildman–Crippen LogP) is 3.18. The number of allylic oxidation sites excluding steroid dienone is 2. The molecule has 0 aliphatic heterocycles. The van der Waals surface area contributed by atoms with Gasteiger partial charge in [-0.05, 0) is 37.8 Å². The highest BCUT2D eigenvalue weighted by Gasteiger charge is 2.25. The monoisotopic (exact) mass is 315 g/mol. The van der Waals surface area contributed by atoms with E-state index in [-0.39, 0.29) is 5.70 Å². The third kappa shape index (κ3) is 4.22. The summed E-state index contributed by atoms with van der Waals surface area (Å²) in [6.45, 7) is 0. The fourth-order valence-corrected chi connectivity index (χ4v) is 2.55. The van der Waals surface area contributed by atoms with Crippen LogP contribution in [0.3, 0.4) is 0 Å². The van der Waals surface area contributed by atoms with Crippen LogP contribution in [0.25, 0.3) is 0 Å². The van der Waals surface area contributed by atoms with E-state index in [0.29, 0.717) is 0 Å². The number of hydrogen-bond donors (Lipinski definition) is 0. The smallest absolute Gasteiger partial charge is 0.355 e. The second-order valence-corrected chi connectivity index (χ2v) is 5.16. The summed E-state index contributed by atoms with van der Waals surface area (Å²) in [6, 6.07) is 9.46. The van der Waals surface area contributed by atoms with Gasteiger partial charge in [0.2, 0.25) is 0 Å². The number of para-hydroxylation sites is 1. The van der Waals surface area contributed by atoms with E-state index in [9.17, 15) is 9.59 Å². The number of rotatable bonds is 5. The SMILES string of the molecule is COC(=O)/C=C(/C(=O)OC)N(C1=CCCCC1)c1ccccc1. The average molecular weight is 315 g/mol. The highest BCUT2D eigenvalue weighted by Crippen LogP contribution is 2.30. The number of benzene rings is 1. The number of ether oxygens (including phenoxy) is 2. The molecule has 0 heterocycles. The van der Waals surface area contributed by atoms with E-state index < -0.39 is 11.9 Å². The molecule has 0 saturated carbocycles. The van der Waals surface area contributed by atoms with Gasteiger partial charge in [0.05, 0.1) is 20.3 Å². The number of hydrogen-bond acceptors (Lipinski definition) is 5. The van der Waals surface area contributed by atoms with Gasteiger partial charge < -0.3 is 14.4 Å². The van der Waals surface area contributed by atoms with E-state index >= 15 is 0 Å². The largest absolute Gasteiger partial charge is 0.466 e. The molecule has 1 aliphatic rings. The van der Waals surface area contributed by atoms with E-state index in [4.69, 9.17) is 4.74 Å². The topological polar surface area (TPSA) is 55.8 Å². The molecule has 0 aromatic heterocycles. The van der Waals surface area contributed by atoms with Crippen LogP contribution in [0.4, 0.5) is 5.69 Å². The fraction of sp³-hybridized carbons (Fsp3) is 0.333. The van der Waals surface area contributed by atoms with Crippen LogP contribution in [0, 0.1) is 0 Å². The molecule has 5 heteroatoms. The van der Waals surface area contributed by atoms with Crippen LogP contribution in [0.2, 0.25) is 0 Å². The lowest BCUT2D eigenvalue weighted by Gasteiger charge is -2.30. The Morgan fingerprint density at radius 2 is 1.83 bits per heavy atom. The van der Waals surface area contributed by atoms with Crippen molar-refractivity contribution < 1.29 is 19.1 Å². The fourth-order valence-electron chi connectivity index (χ4n) is 2.55. The lowest BCUT2D eigenvalue weighted by Crippen LogP contribution is -2.29. The van der Waals surface area contributed by atoms with Gasteiger partial charge in [-0.15, -0.1) is 0 Å². The molecule has 0 N–H and O–H groups in total. The summed E-state index contributed by atoms with van der Waals surface area (Å²) in [4.78, 5) is 25.7. The van der Waals surface area contributed by atoms with Crippen LogP contribution in [-0.2, 0) is 19.1 Å². The van der Waals surface area contributed by atoms with Crippen molar-refractivity contribution in [3.05, 3.63) is 53.9 Å². The van der Waals surface area contributed by atoms with Gasteiger partial charge >= 0.3 is 11.9 Å². The number of esters is 2. The van der Waals surface area contributed by atoms with Crippen molar-refractivity contribution in [1.82, 2.24) is 0 Å². The summed E-state index contributed by atoms with van der Waals surface area (Å²) < 4.78 is 9.55. The van der Waals surface area contributed by atoms with Crippen molar-refractivity contribution in [3.63, 3.8) is 0 Å². The second kappa shape index (κ2) is 8.17. The summed E-state index contributed by atoms with van der Waals surface area (Å²) in [6.07, 6.45) is 7.23. The zero-order valence-corrected chi connectivity index (χ0v) is 13.5. The minimum atomic E-state index is -0.595. The van der Waals surface area contributed by atoms with E-state index in [1.54, 1.807) is 4.90 Å². The molecule has 23 heavy (non-hydrogen) atoms. The molecule has 1 aromatic carbocycles. The van der Waals surface area contributed by atoms with Gasteiger partial charge in [0, 0.05) is 11.4 Å². The summed E-state index contributed by atoms with van der Waals surface area (Å²) in [5.74, 6) is -1.17. The lowest BCUT2D eigenvalue weighted by molar-refractivity contribution is -0.138. The first-order chi connectivity index (χ1) is 11.2. The Balaban J connectivity index is 2.53. The molecule has 0 saturated heterocycles. The maximum Gasteiger partial charge on any atom is 0.355 e. The number of anilines is 1. The average Bonchev–Trinajstić information content (AvgIpc) is 2.62. The van der Waals surface area contributed by atoms with Crippen molar-refractivity contribution in [3.8, 4) is 0 Å². The van der Waals surface area contributed by atoms with Gasteiger partial charge in [0.15, 0.2) is 0 Å². The van der Waals surface area contributed by atoms with Crippen LogP contribution in [0.5, 0.6) is 0 Å². The van der Waals surface area contributed by atoms with E-state index in [0.717, 1.165) is 37.1 Å². The van der Waals surface area contributed by atoms with Gasteiger partial charge in [0.25, 0.3) is 0 Å². The summed E-state index contributed by atoms with van der Waals surface area (Å²) in [5, 5.41) is 0. The number of nitrogens with zero attached hydrogens (tertiary/aromatic N) is 1.